The second-order valence-corrected chi connectivity index (χ2v) is 5.59. The van der Waals surface area contributed by atoms with E-state index < -0.39 is 17.7 Å². The molecule has 0 spiro atoms. The fourth-order valence-electron chi connectivity index (χ4n) is 2.03. The second-order valence-electron chi connectivity index (χ2n) is 4.73. The summed E-state index contributed by atoms with van der Waals surface area (Å²) in [5.41, 5.74) is 3.28. The van der Waals surface area contributed by atoms with Crippen molar-refractivity contribution >= 4 is 33.7 Å². The molecule has 1 fully saturated rings. The molecule has 1 aliphatic heterocycles. The standard InChI is InChI=1S/C13H15BrN4O3/c1-17-4-5-18(13(21)12(17)20)7-9-3-2-8(6-10(9)14)11(19)16-15/h2-3,6H,4-5,7,15H2,1H3,(H,16,19). The molecule has 1 aromatic rings. The van der Waals surface area contributed by atoms with Crippen molar-refractivity contribution in [2.45, 2.75) is 6.54 Å². The lowest BCUT2D eigenvalue weighted by Gasteiger charge is -2.31. The average molecular weight is 355 g/mol. The number of hydrazine groups is 1. The van der Waals surface area contributed by atoms with Crippen LogP contribution in [0.5, 0.6) is 0 Å². The molecule has 0 radical (unpaired) electrons. The van der Waals surface area contributed by atoms with Gasteiger partial charge in [-0.25, -0.2) is 5.84 Å². The zero-order valence-electron chi connectivity index (χ0n) is 11.4. The van der Waals surface area contributed by atoms with Gasteiger partial charge in [-0.1, -0.05) is 22.0 Å². The average Bonchev–Trinajstić information content (AvgIpc) is 2.48. The monoisotopic (exact) mass is 354 g/mol. The molecule has 3 N–H and O–H groups in total. The summed E-state index contributed by atoms with van der Waals surface area (Å²) < 4.78 is 0.683. The molecule has 0 unspecified atom stereocenters. The highest BCUT2D eigenvalue weighted by Crippen LogP contribution is 2.21. The Morgan fingerprint density at radius 2 is 2.05 bits per heavy atom. The Kier molecular flexibility index (Phi) is 4.59. The Hall–Kier alpha value is -1.93. The maximum atomic E-state index is 11.9. The van der Waals surface area contributed by atoms with Crippen molar-refractivity contribution in [2.24, 2.45) is 5.84 Å². The number of rotatable bonds is 3. The molecule has 7 nitrogen and oxygen atoms in total. The molecule has 112 valence electrons. The molecule has 1 heterocycles. The zero-order chi connectivity index (χ0) is 15.6. The molecule has 0 bridgehead atoms. The summed E-state index contributed by atoms with van der Waals surface area (Å²) in [5, 5.41) is 0. The van der Waals surface area contributed by atoms with E-state index >= 15 is 0 Å². The molecular weight excluding hydrogens is 340 g/mol. The lowest BCUT2D eigenvalue weighted by molar-refractivity contribution is -0.155. The van der Waals surface area contributed by atoms with Crippen LogP contribution in [0.4, 0.5) is 0 Å². The van der Waals surface area contributed by atoms with Crippen molar-refractivity contribution in [1.82, 2.24) is 15.2 Å². The summed E-state index contributed by atoms with van der Waals surface area (Å²) >= 11 is 3.36. The summed E-state index contributed by atoms with van der Waals surface area (Å²) in [7, 11) is 1.60. The molecule has 0 saturated carbocycles. The van der Waals surface area contributed by atoms with Crippen LogP contribution in [-0.2, 0) is 16.1 Å². The van der Waals surface area contributed by atoms with Gasteiger partial charge in [-0.2, -0.15) is 0 Å². The molecule has 3 amide bonds. The van der Waals surface area contributed by atoms with Crippen LogP contribution in [0.1, 0.15) is 15.9 Å². The number of carbonyl (C=O) groups excluding carboxylic acids is 3. The second kappa shape index (κ2) is 6.23. The van der Waals surface area contributed by atoms with Crippen LogP contribution in [0.2, 0.25) is 0 Å². The van der Waals surface area contributed by atoms with E-state index in [-0.39, 0.29) is 0 Å². The molecule has 1 saturated heterocycles. The van der Waals surface area contributed by atoms with E-state index in [1.54, 1.807) is 25.2 Å². The van der Waals surface area contributed by atoms with E-state index in [2.05, 4.69) is 21.4 Å². The highest BCUT2D eigenvalue weighted by Gasteiger charge is 2.30. The van der Waals surface area contributed by atoms with Crippen molar-refractivity contribution < 1.29 is 14.4 Å². The van der Waals surface area contributed by atoms with Crippen LogP contribution >= 0.6 is 15.9 Å². The number of hydrogen-bond acceptors (Lipinski definition) is 4. The fraction of sp³-hybridized carbons (Fsp3) is 0.308. The van der Waals surface area contributed by atoms with Gasteiger partial charge in [0.2, 0.25) is 0 Å². The summed E-state index contributed by atoms with van der Waals surface area (Å²) in [5.74, 6) is 3.67. The van der Waals surface area contributed by atoms with Gasteiger partial charge in [-0.15, -0.1) is 0 Å². The topological polar surface area (TPSA) is 95.7 Å². The largest absolute Gasteiger partial charge is 0.336 e. The Labute approximate surface area is 130 Å². The van der Waals surface area contributed by atoms with Crippen molar-refractivity contribution in [3.8, 4) is 0 Å². The van der Waals surface area contributed by atoms with E-state index in [1.165, 1.54) is 9.80 Å². The summed E-state index contributed by atoms with van der Waals surface area (Å²) in [6.07, 6.45) is 0. The highest BCUT2D eigenvalue weighted by molar-refractivity contribution is 9.10. The van der Waals surface area contributed by atoms with Gasteiger partial charge < -0.3 is 9.80 Å². The number of benzene rings is 1. The molecule has 21 heavy (non-hydrogen) atoms. The lowest BCUT2D eigenvalue weighted by Crippen LogP contribution is -2.52. The first-order valence-corrected chi connectivity index (χ1v) is 7.07. The predicted molar refractivity (Wildman–Crippen MR) is 78.8 cm³/mol. The van der Waals surface area contributed by atoms with Crippen molar-refractivity contribution in [3.05, 3.63) is 33.8 Å². The first kappa shape index (κ1) is 15.5. The van der Waals surface area contributed by atoms with E-state index in [4.69, 9.17) is 5.84 Å². The number of piperazine rings is 1. The van der Waals surface area contributed by atoms with Crippen LogP contribution in [0.3, 0.4) is 0 Å². The molecule has 0 atom stereocenters. The summed E-state index contributed by atoms with van der Waals surface area (Å²) in [6, 6.07) is 4.97. The number of nitrogens with one attached hydrogen (secondary N) is 1. The number of halogens is 1. The first-order chi connectivity index (χ1) is 9.93. The van der Waals surface area contributed by atoms with E-state index in [9.17, 15) is 14.4 Å². The van der Waals surface area contributed by atoms with Crippen LogP contribution < -0.4 is 11.3 Å². The van der Waals surface area contributed by atoms with Gasteiger partial charge in [0, 0.05) is 36.7 Å². The third kappa shape index (κ3) is 3.22. The third-order valence-electron chi connectivity index (χ3n) is 3.33. The number of carbonyl (C=O) groups is 3. The maximum absolute atomic E-state index is 11.9. The quantitative estimate of drug-likeness (QED) is 0.341. The first-order valence-electron chi connectivity index (χ1n) is 6.27. The molecule has 1 aromatic carbocycles. The SMILES string of the molecule is CN1CCN(Cc2ccc(C(=O)NN)cc2Br)C(=O)C1=O. The fourth-order valence-corrected chi connectivity index (χ4v) is 2.53. The number of amides is 3. The smallest absolute Gasteiger partial charge is 0.312 e. The van der Waals surface area contributed by atoms with E-state index in [0.29, 0.717) is 29.7 Å². The zero-order valence-corrected chi connectivity index (χ0v) is 13.0. The number of hydrogen-bond donors (Lipinski definition) is 2. The predicted octanol–water partition coefficient (Wildman–Crippen LogP) is -0.147. The van der Waals surface area contributed by atoms with Gasteiger partial charge in [0.15, 0.2) is 0 Å². The van der Waals surface area contributed by atoms with Crippen LogP contribution in [0.15, 0.2) is 22.7 Å². The van der Waals surface area contributed by atoms with Gasteiger partial charge in [-0.3, -0.25) is 19.8 Å². The summed E-state index contributed by atoms with van der Waals surface area (Å²) in [4.78, 5) is 37.9. The Morgan fingerprint density at radius 1 is 1.33 bits per heavy atom. The van der Waals surface area contributed by atoms with Gasteiger partial charge in [0.05, 0.1) is 0 Å². The maximum Gasteiger partial charge on any atom is 0.312 e. The van der Waals surface area contributed by atoms with Crippen LogP contribution in [-0.4, -0.2) is 47.7 Å². The number of nitrogen functional groups attached to an aromatic ring is 1. The van der Waals surface area contributed by atoms with Crippen molar-refractivity contribution in [1.29, 1.82) is 0 Å². The minimum atomic E-state index is -0.514. The lowest BCUT2D eigenvalue weighted by atomic mass is 10.1. The van der Waals surface area contributed by atoms with E-state index in [0.717, 1.165) is 5.56 Å². The number of nitrogens with two attached hydrogens (primary N) is 1. The number of nitrogens with zero attached hydrogens (tertiary/aromatic N) is 2. The summed E-state index contributed by atoms with van der Waals surface area (Å²) in [6.45, 7) is 1.30. The van der Waals surface area contributed by atoms with Gasteiger partial charge >= 0.3 is 11.8 Å². The van der Waals surface area contributed by atoms with Crippen LogP contribution in [0.25, 0.3) is 0 Å². The molecule has 1 aliphatic rings. The minimum Gasteiger partial charge on any atom is -0.336 e. The molecule has 0 aromatic heterocycles. The van der Waals surface area contributed by atoms with Gasteiger partial charge in [0.25, 0.3) is 5.91 Å². The third-order valence-corrected chi connectivity index (χ3v) is 4.07. The Bertz CT molecular complexity index is 605. The van der Waals surface area contributed by atoms with E-state index in [1.807, 2.05) is 0 Å². The molecule has 2 rings (SSSR count). The van der Waals surface area contributed by atoms with Gasteiger partial charge in [0.1, 0.15) is 0 Å². The Morgan fingerprint density at radius 3 is 2.67 bits per heavy atom. The van der Waals surface area contributed by atoms with Crippen molar-refractivity contribution in [3.63, 3.8) is 0 Å². The van der Waals surface area contributed by atoms with Crippen molar-refractivity contribution in [2.75, 3.05) is 20.1 Å². The van der Waals surface area contributed by atoms with Gasteiger partial charge in [-0.05, 0) is 17.7 Å². The minimum absolute atomic E-state index is 0.309. The normalized spacial score (nSPS) is 15.4. The molecular formula is C13H15BrN4O3. The number of likely N-dealkylation sites (N-methyl/N-ethyl adjacent to an activating group) is 1. The van der Waals surface area contributed by atoms with Crippen LogP contribution in [0, 0.1) is 0 Å². The highest BCUT2D eigenvalue weighted by atomic mass is 79.9. The Balaban J connectivity index is 2.15. The molecule has 0 aliphatic carbocycles. The molecule has 8 heteroatoms.